The molecule has 2 rings (SSSR count). The first-order chi connectivity index (χ1) is 9.99. The van der Waals surface area contributed by atoms with Crippen molar-refractivity contribution in [2.24, 2.45) is 0 Å². The second-order valence-corrected chi connectivity index (χ2v) is 5.25. The third-order valence-electron chi connectivity index (χ3n) is 2.99. The quantitative estimate of drug-likeness (QED) is 0.799. The third kappa shape index (κ3) is 3.86. The summed E-state index contributed by atoms with van der Waals surface area (Å²) in [5.74, 6) is -2.37. The maximum absolute atomic E-state index is 13.3. The Bertz CT molecular complexity index is 626. The van der Waals surface area contributed by atoms with Gasteiger partial charge in [-0.25, -0.2) is 4.39 Å². The van der Waals surface area contributed by atoms with Gasteiger partial charge in [0.25, 0.3) is 0 Å². The Morgan fingerprint density at radius 2 is 1.76 bits per heavy atom. The van der Waals surface area contributed by atoms with Gasteiger partial charge in [0.1, 0.15) is 0 Å². The van der Waals surface area contributed by atoms with Crippen LogP contribution in [0.25, 0.3) is 0 Å². The molecular formula is C15H12Cl2FNO2. The summed E-state index contributed by atoms with van der Waals surface area (Å²) in [5, 5.41) is 12.0. The van der Waals surface area contributed by atoms with Gasteiger partial charge in [-0.15, -0.1) is 0 Å². The highest BCUT2D eigenvalue weighted by molar-refractivity contribution is 6.35. The Labute approximate surface area is 131 Å². The van der Waals surface area contributed by atoms with Gasteiger partial charge in [-0.1, -0.05) is 53.5 Å². The van der Waals surface area contributed by atoms with Crippen LogP contribution in [0, 0.1) is 5.82 Å². The van der Waals surface area contributed by atoms with Crippen LogP contribution >= 0.6 is 23.2 Å². The monoisotopic (exact) mass is 327 g/mol. The number of aliphatic carboxylic acids is 1. The molecule has 1 unspecified atom stereocenters. The predicted octanol–water partition coefficient (Wildman–Crippen LogP) is 4.41. The zero-order valence-corrected chi connectivity index (χ0v) is 12.3. The molecule has 0 bridgehead atoms. The van der Waals surface area contributed by atoms with E-state index >= 15 is 0 Å². The number of hydrogen-bond donors (Lipinski definition) is 2. The standard InChI is InChI=1S/C15H12Cl2FNO2/c16-12-6-10(7-13(17)14(12)18)19-8-11(15(20)21)9-4-2-1-3-5-9/h1-7,11,19H,8H2,(H,20,21). The minimum absolute atomic E-state index is 0.114. The number of carbonyl (C=O) groups is 1. The third-order valence-corrected chi connectivity index (χ3v) is 3.54. The molecule has 0 heterocycles. The summed E-state index contributed by atoms with van der Waals surface area (Å²) < 4.78 is 13.3. The zero-order valence-electron chi connectivity index (χ0n) is 10.8. The first kappa shape index (κ1) is 15.6. The van der Waals surface area contributed by atoms with Crippen LogP contribution in [0.5, 0.6) is 0 Å². The zero-order chi connectivity index (χ0) is 15.4. The van der Waals surface area contributed by atoms with Crippen molar-refractivity contribution < 1.29 is 14.3 Å². The first-order valence-electron chi connectivity index (χ1n) is 6.15. The summed E-state index contributed by atoms with van der Waals surface area (Å²) in [7, 11) is 0. The number of halogens is 3. The van der Waals surface area contributed by atoms with Gasteiger partial charge in [-0.2, -0.15) is 0 Å². The highest BCUT2D eigenvalue weighted by Gasteiger charge is 2.19. The van der Waals surface area contributed by atoms with Gasteiger partial charge in [-0.05, 0) is 17.7 Å². The SMILES string of the molecule is O=C(O)C(CNc1cc(Cl)c(F)c(Cl)c1)c1ccccc1. The minimum Gasteiger partial charge on any atom is -0.481 e. The molecule has 3 nitrogen and oxygen atoms in total. The molecule has 0 spiro atoms. The largest absolute Gasteiger partial charge is 0.481 e. The van der Waals surface area contributed by atoms with E-state index in [-0.39, 0.29) is 16.6 Å². The van der Waals surface area contributed by atoms with E-state index in [2.05, 4.69) is 5.32 Å². The van der Waals surface area contributed by atoms with Crippen molar-refractivity contribution in [1.29, 1.82) is 0 Å². The predicted molar refractivity (Wildman–Crippen MR) is 81.7 cm³/mol. The van der Waals surface area contributed by atoms with Crippen LogP contribution in [-0.4, -0.2) is 17.6 Å². The van der Waals surface area contributed by atoms with Crippen LogP contribution in [-0.2, 0) is 4.79 Å². The fraction of sp³-hybridized carbons (Fsp3) is 0.133. The van der Waals surface area contributed by atoms with Crippen molar-refractivity contribution in [2.75, 3.05) is 11.9 Å². The van der Waals surface area contributed by atoms with Crippen LogP contribution in [0.1, 0.15) is 11.5 Å². The Hall–Kier alpha value is -1.78. The fourth-order valence-corrected chi connectivity index (χ4v) is 2.40. The molecule has 1 atom stereocenters. The number of carboxylic acid groups (broad SMARTS) is 1. The second-order valence-electron chi connectivity index (χ2n) is 4.44. The van der Waals surface area contributed by atoms with E-state index in [0.29, 0.717) is 11.3 Å². The maximum Gasteiger partial charge on any atom is 0.312 e. The highest BCUT2D eigenvalue weighted by atomic mass is 35.5. The molecule has 0 radical (unpaired) electrons. The van der Waals surface area contributed by atoms with Gasteiger partial charge >= 0.3 is 5.97 Å². The lowest BCUT2D eigenvalue weighted by Crippen LogP contribution is -2.20. The van der Waals surface area contributed by atoms with E-state index in [0.717, 1.165) is 0 Å². The lowest BCUT2D eigenvalue weighted by molar-refractivity contribution is -0.138. The van der Waals surface area contributed by atoms with E-state index in [1.807, 2.05) is 6.07 Å². The Balaban J connectivity index is 2.15. The van der Waals surface area contributed by atoms with Crippen LogP contribution in [0.4, 0.5) is 10.1 Å². The van der Waals surface area contributed by atoms with Gasteiger partial charge in [-0.3, -0.25) is 4.79 Å². The van der Waals surface area contributed by atoms with E-state index in [1.54, 1.807) is 24.3 Å². The van der Waals surface area contributed by atoms with Crippen LogP contribution in [0.15, 0.2) is 42.5 Å². The van der Waals surface area contributed by atoms with E-state index in [1.165, 1.54) is 12.1 Å². The summed E-state index contributed by atoms with van der Waals surface area (Å²) in [5.41, 5.74) is 1.14. The van der Waals surface area contributed by atoms with Gasteiger partial charge < -0.3 is 10.4 Å². The molecule has 110 valence electrons. The normalized spacial score (nSPS) is 12.0. The Kier molecular flexibility index (Phi) is 5.04. The van der Waals surface area contributed by atoms with E-state index in [9.17, 15) is 14.3 Å². The van der Waals surface area contributed by atoms with Crippen LogP contribution in [0.3, 0.4) is 0 Å². The van der Waals surface area contributed by atoms with Gasteiger partial charge in [0.15, 0.2) is 5.82 Å². The minimum atomic E-state index is -0.951. The highest BCUT2D eigenvalue weighted by Crippen LogP contribution is 2.28. The van der Waals surface area contributed by atoms with Crippen LogP contribution < -0.4 is 5.32 Å². The molecular weight excluding hydrogens is 316 g/mol. The summed E-state index contributed by atoms with van der Waals surface area (Å²) in [6, 6.07) is 11.6. The molecule has 0 saturated carbocycles. The van der Waals surface area contributed by atoms with Crippen molar-refractivity contribution in [1.82, 2.24) is 0 Å². The topological polar surface area (TPSA) is 49.3 Å². The van der Waals surface area contributed by atoms with Gasteiger partial charge in [0.05, 0.1) is 16.0 Å². The van der Waals surface area contributed by atoms with Crippen molar-refractivity contribution in [2.45, 2.75) is 5.92 Å². The van der Waals surface area contributed by atoms with Crippen molar-refractivity contribution in [3.63, 3.8) is 0 Å². The molecule has 2 N–H and O–H groups in total. The average molecular weight is 328 g/mol. The molecule has 0 amide bonds. The molecule has 0 aliphatic carbocycles. The van der Waals surface area contributed by atoms with Crippen LogP contribution in [0.2, 0.25) is 10.0 Å². The van der Waals surface area contributed by atoms with Crippen molar-refractivity contribution in [3.05, 3.63) is 63.9 Å². The molecule has 0 aliphatic rings. The Morgan fingerprint density at radius 3 is 2.29 bits per heavy atom. The molecule has 6 heteroatoms. The maximum atomic E-state index is 13.3. The summed E-state index contributed by atoms with van der Waals surface area (Å²) >= 11 is 11.4. The molecule has 2 aromatic carbocycles. The average Bonchev–Trinajstić information content (AvgIpc) is 2.45. The lowest BCUT2D eigenvalue weighted by atomic mass is 9.99. The first-order valence-corrected chi connectivity index (χ1v) is 6.91. The molecule has 0 aliphatic heterocycles. The number of nitrogens with one attached hydrogen (secondary N) is 1. The number of anilines is 1. The molecule has 0 fully saturated rings. The summed E-state index contributed by atoms with van der Waals surface area (Å²) in [6.45, 7) is 0.137. The van der Waals surface area contributed by atoms with Crippen molar-refractivity contribution in [3.8, 4) is 0 Å². The smallest absolute Gasteiger partial charge is 0.312 e. The molecule has 21 heavy (non-hydrogen) atoms. The van der Waals surface area contributed by atoms with E-state index in [4.69, 9.17) is 23.2 Å². The summed E-state index contributed by atoms with van der Waals surface area (Å²) in [4.78, 5) is 11.4. The lowest BCUT2D eigenvalue weighted by Gasteiger charge is -2.15. The molecule has 0 saturated heterocycles. The Morgan fingerprint density at radius 1 is 1.19 bits per heavy atom. The molecule has 0 aromatic heterocycles. The number of hydrogen-bond acceptors (Lipinski definition) is 2. The van der Waals surface area contributed by atoms with E-state index < -0.39 is 17.7 Å². The second kappa shape index (κ2) is 6.78. The fourth-order valence-electron chi connectivity index (χ4n) is 1.91. The van der Waals surface area contributed by atoms with Crippen molar-refractivity contribution >= 4 is 34.9 Å². The van der Waals surface area contributed by atoms with Gasteiger partial charge in [0.2, 0.25) is 0 Å². The van der Waals surface area contributed by atoms with Gasteiger partial charge in [0, 0.05) is 12.2 Å². The number of carboxylic acids is 1. The summed E-state index contributed by atoms with van der Waals surface area (Å²) in [6.07, 6.45) is 0. The number of benzene rings is 2. The molecule has 2 aromatic rings. The number of rotatable bonds is 5.